The van der Waals surface area contributed by atoms with Crippen molar-refractivity contribution in [3.05, 3.63) is 59.7 Å². The second-order valence-electron chi connectivity index (χ2n) is 4.72. The van der Waals surface area contributed by atoms with Crippen LogP contribution in [0.15, 0.2) is 48.5 Å². The van der Waals surface area contributed by atoms with Gasteiger partial charge in [-0.1, -0.05) is 49.4 Å². The van der Waals surface area contributed by atoms with Gasteiger partial charge < -0.3 is 15.2 Å². The number of benzene rings is 2. The van der Waals surface area contributed by atoms with Crippen LogP contribution in [0.5, 0.6) is 11.5 Å². The predicted molar refractivity (Wildman–Crippen MR) is 81.0 cm³/mol. The molecular weight excluding hydrogens is 250 g/mol. The SMILES string of the molecule is CC[C@H](NCc1cccc(OC)c1O)c1ccccc1. The van der Waals surface area contributed by atoms with Crippen LogP contribution in [0.25, 0.3) is 0 Å². The molecule has 0 saturated carbocycles. The Balaban J connectivity index is 2.08. The number of methoxy groups -OCH3 is 1. The largest absolute Gasteiger partial charge is 0.504 e. The Morgan fingerprint density at radius 1 is 1.10 bits per heavy atom. The number of phenols is 1. The van der Waals surface area contributed by atoms with Gasteiger partial charge in [0.1, 0.15) is 0 Å². The fourth-order valence-corrected chi connectivity index (χ4v) is 2.29. The Kier molecular flexibility index (Phi) is 5.02. The molecule has 0 radical (unpaired) electrons. The Hall–Kier alpha value is -2.00. The van der Waals surface area contributed by atoms with Gasteiger partial charge in [-0.3, -0.25) is 0 Å². The molecule has 0 aliphatic carbocycles. The number of rotatable bonds is 6. The van der Waals surface area contributed by atoms with E-state index in [4.69, 9.17) is 4.74 Å². The first-order chi connectivity index (χ1) is 9.76. The molecule has 0 heterocycles. The molecule has 0 bridgehead atoms. The molecule has 0 fully saturated rings. The first-order valence-electron chi connectivity index (χ1n) is 6.89. The van der Waals surface area contributed by atoms with Crippen LogP contribution in [0.4, 0.5) is 0 Å². The highest BCUT2D eigenvalue weighted by atomic mass is 16.5. The van der Waals surface area contributed by atoms with Gasteiger partial charge in [0.05, 0.1) is 7.11 Å². The normalized spacial score (nSPS) is 12.1. The van der Waals surface area contributed by atoms with Crippen LogP contribution in [-0.4, -0.2) is 12.2 Å². The number of hydrogen-bond acceptors (Lipinski definition) is 3. The summed E-state index contributed by atoms with van der Waals surface area (Å²) >= 11 is 0. The van der Waals surface area contributed by atoms with Gasteiger partial charge in [0.25, 0.3) is 0 Å². The molecule has 0 saturated heterocycles. The van der Waals surface area contributed by atoms with E-state index in [1.165, 1.54) is 5.56 Å². The van der Waals surface area contributed by atoms with Crippen molar-refractivity contribution in [2.45, 2.75) is 25.9 Å². The molecule has 1 atom stereocenters. The monoisotopic (exact) mass is 271 g/mol. The standard InChI is InChI=1S/C17H21NO2/c1-3-15(13-8-5-4-6-9-13)18-12-14-10-7-11-16(20-2)17(14)19/h4-11,15,18-19H,3,12H2,1-2H3/t15-/m0/s1. The highest BCUT2D eigenvalue weighted by molar-refractivity contribution is 5.45. The molecule has 2 aromatic carbocycles. The number of para-hydroxylation sites is 1. The van der Waals surface area contributed by atoms with Crippen molar-refractivity contribution in [2.75, 3.05) is 7.11 Å². The number of ether oxygens (including phenoxy) is 1. The highest BCUT2D eigenvalue weighted by Crippen LogP contribution is 2.29. The highest BCUT2D eigenvalue weighted by Gasteiger charge is 2.11. The molecule has 2 aromatic rings. The summed E-state index contributed by atoms with van der Waals surface area (Å²) in [6.07, 6.45) is 0.995. The van der Waals surface area contributed by atoms with Crippen molar-refractivity contribution >= 4 is 0 Å². The van der Waals surface area contributed by atoms with Crippen LogP contribution >= 0.6 is 0 Å². The molecule has 20 heavy (non-hydrogen) atoms. The van der Waals surface area contributed by atoms with Gasteiger partial charge in [0, 0.05) is 18.2 Å². The van der Waals surface area contributed by atoms with E-state index in [1.54, 1.807) is 13.2 Å². The van der Waals surface area contributed by atoms with Crippen molar-refractivity contribution in [2.24, 2.45) is 0 Å². The summed E-state index contributed by atoms with van der Waals surface area (Å²) in [6.45, 7) is 2.76. The van der Waals surface area contributed by atoms with Crippen LogP contribution in [0.3, 0.4) is 0 Å². The van der Waals surface area contributed by atoms with E-state index in [0.717, 1.165) is 12.0 Å². The molecular formula is C17H21NO2. The average molecular weight is 271 g/mol. The topological polar surface area (TPSA) is 41.5 Å². The van der Waals surface area contributed by atoms with Crippen LogP contribution in [0, 0.1) is 0 Å². The third-order valence-corrected chi connectivity index (χ3v) is 3.45. The van der Waals surface area contributed by atoms with Crippen molar-refractivity contribution < 1.29 is 9.84 Å². The molecule has 0 spiro atoms. The zero-order valence-electron chi connectivity index (χ0n) is 12.0. The lowest BCUT2D eigenvalue weighted by molar-refractivity contribution is 0.368. The number of hydrogen-bond donors (Lipinski definition) is 2. The minimum atomic E-state index is 0.213. The lowest BCUT2D eigenvalue weighted by Crippen LogP contribution is -2.20. The maximum atomic E-state index is 10.1. The average Bonchev–Trinajstić information content (AvgIpc) is 2.50. The van der Waals surface area contributed by atoms with Gasteiger partial charge in [-0.15, -0.1) is 0 Å². The smallest absolute Gasteiger partial charge is 0.162 e. The molecule has 0 aromatic heterocycles. The molecule has 0 amide bonds. The predicted octanol–water partition coefficient (Wildman–Crippen LogP) is 3.64. The maximum absolute atomic E-state index is 10.1. The Bertz CT molecular complexity index is 540. The van der Waals surface area contributed by atoms with Gasteiger partial charge in [-0.2, -0.15) is 0 Å². The van der Waals surface area contributed by atoms with E-state index in [2.05, 4.69) is 24.4 Å². The third kappa shape index (κ3) is 3.31. The van der Waals surface area contributed by atoms with Crippen LogP contribution in [0.1, 0.15) is 30.5 Å². The fourth-order valence-electron chi connectivity index (χ4n) is 2.29. The lowest BCUT2D eigenvalue weighted by Gasteiger charge is -2.18. The van der Waals surface area contributed by atoms with E-state index < -0.39 is 0 Å². The molecule has 2 rings (SSSR count). The van der Waals surface area contributed by atoms with Gasteiger partial charge in [0.15, 0.2) is 11.5 Å². The van der Waals surface area contributed by atoms with Crippen LogP contribution in [0.2, 0.25) is 0 Å². The van der Waals surface area contributed by atoms with E-state index in [1.807, 2.05) is 30.3 Å². The molecule has 106 valence electrons. The van der Waals surface area contributed by atoms with Crippen molar-refractivity contribution in [1.82, 2.24) is 5.32 Å². The summed E-state index contributed by atoms with van der Waals surface area (Å²) in [6, 6.07) is 16.2. The van der Waals surface area contributed by atoms with E-state index >= 15 is 0 Å². The van der Waals surface area contributed by atoms with Crippen molar-refractivity contribution in [3.8, 4) is 11.5 Å². The first kappa shape index (κ1) is 14.4. The summed E-state index contributed by atoms with van der Waals surface area (Å²) < 4.78 is 5.13. The number of phenolic OH excluding ortho intramolecular Hbond substituents is 1. The van der Waals surface area contributed by atoms with Gasteiger partial charge in [-0.05, 0) is 18.1 Å². The quantitative estimate of drug-likeness (QED) is 0.842. The van der Waals surface area contributed by atoms with Crippen LogP contribution in [-0.2, 0) is 6.54 Å². The summed E-state index contributed by atoms with van der Waals surface area (Å²) in [5.41, 5.74) is 2.11. The molecule has 0 aliphatic rings. The lowest BCUT2D eigenvalue weighted by atomic mass is 10.0. The fraction of sp³-hybridized carbons (Fsp3) is 0.294. The van der Waals surface area contributed by atoms with Gasteiger partial charge >= 0.3 is 0 Å². The zero-order valence-corrected chi connectivity index (χ0v) is 12.0. The number of aromatic hydroxyl groups is 1. The molecule has 0 unspecified atom stereocenters. The minimum absolute atomic E-state index is 0.213. The van der Waals surface area contributed by atoms with Gasteiger partial charge in [0.2, 0.25) is 0 Å². The third-order valence-electron chi connectivity index (χ3n) is 3.45. The van der Waals surface area contributed by atoms with E-state index in [9.17, 15) is 5.11 Å². The summed E-state index contributed by atoms with van der Waals surface area (Å²) in [5, 5.41) is 13.6. The van der Waals surface area contributed by atoms with Crippen LogP contribution < -0.4 is 10.1 Å². The van der Waals surface area contributed by atoms with E-state index in [-0.39, 0.29) is 11.8 Å². The Morgan fingerprint density at radius 2 is 1.85 bits per heavy atom. The molecule has 3 nitrogen and oxygen atoms in total. The second kappa shape index (κ2) is 6.96. The summed E-state index contributed by atoms with van der Waals surface area (Å²) in [5.74, 6) is 0.725. The molecule has 0 aliphatic heterocycles. The summed E-state index contributed by atoms with van der Waals surface area (Å²) in [7, 11) is 1.56. The molecule has 3 heteroatoms. The summed E-state index contributed by atoms with van der Waals surface area (Å²) in [4.78, 5) is 0. The molecule has 2 N–H and O–H groups in total. The van der Waals surface area contributed by atoms with E-state index in [0.29, 0.717) is 12.3 Å². The van der Waals surface area contributed by atoms with Crippen molar-refractivity contribution in [1.29, 1.82) is 0 Å². The maximum Gasteiger partial charge on any atom is 0.162 e. The minimum Gasteiger partial charge on any atom is -0.504 e. The Morgan fingerprint density at radius 3 is 2.50 bits per heavy atom. The van der Waals surface area contributed by atoms with Crippen molar-refractivity contribution in [3.63, 3.8) is 0 Å². The number of nitrogens with one attached hydrogen (secondary N) is 1. The van der Waals surface area contributed by atoms with Gasteiger partial charge in [-0.25, -0.2) is 0 Å². The first-order valence-corrected chi connectivity index (χ1v) is 6.89. The second-order valence-corrected chi connectivity index (χ2v) is 4.72. The zero-order chi connectivity index (χ0) is 14.4. The Labute approximate surface area is 120 Å².